The molecule has 120 valence electrons. The van der Waals surface area contributed by atoms with E-state index in [2.05, 4.69) is 0 Å². The highest BCUT2D eigenvalue weighted by Gasteiger charge is 2.41. The molecule has 0 spiro atoms. The van der Waals surface area contributed by atoms with Gasteiger partial charge < -0.3 is 9.84 Å². The number of benzene rings is 1. The number of aliphatic carboxylic acids is 1. The minimum Gasteiger partial charge on any atom is -0.480 e. The van der Waals surface area contributed by atoms with Crippen LogP contribution in [0.2, 0.25) is 0 Å². The summed E-state index contributed by atoms with van der Waals surface area (Å²) in [6.45, 7) is 4.94. The Hall–Kier alpha value is -2.18. The maximum Gasteiger partial charge on any atom is 0.415 e. The molecule has 0 fully saturated rings. The van der Waals surface area contributed by atoms with Gasteiger partial charge in [-0.05, 0) is 32.4 Å². The number of hydrogen-bond acceptors (Lipinski definition) is 3. The monoisotopic (exact) mass is 313 g/mol. The van der Waals surface area contributed by atoms with Gasteiger partial charge in [-0.3, -0.25) is 4.90 Å². The Bertz CT molecular complexity index is 610. The SMILES string of the molecule is CC(C)(C)OC(=O)N1c2cc(C(F)F)ccc2C[C@H]1C(=O)O. The van der Waals surface area contributed by atoms with Gasteiger partial charge >= 0.3 is 12.1 Å². The van der Waals surface area contributed by atoms with Crippen LogP contribution in [-0.4, -0.2) is 28.8 Å². The number of carboxylic acids is 1. The Kier molecular flexibility index (Phi) is 4.08. The van der Waals surface area contributed by atoms with Crippen LogP contribution < -0.4 is 4.90 Å². The van der Waals surface area contributed by atoms with Crippen LogP contribution >= 0.6 is 0 Å². The van der Waals surface area contributed by atoms with E-state index in [1.54, 1.807) is 20.8 Å². The van der Waals surface area contributed by atoms with E-state index in [1.807, 2.05) is 0 Å². The smallest absolute Gasteiger partial charge is 0.415 e. The fourth-order valence-corrected chi connectivity index (χ4v) is 2.32. The van der Waals surface area contributed by atoms with Crippen LogP contribution in [0.25, 0.3) is 0 Å². The average Bonchev–Trinajstić information content (AvgIpc) is 2.74. The fraction of sp³-hybridized carbons (Fsp3) is 0.467. The van der Waals surface area contributed by atoms with E-state index in [9.17, 15) is 23.5 Å². The van der Waals surface area contributed by atoms with Crippen molar-refractivity contribution in [1.82, 2.24) is 0 Å². The molecule has 1 N–H and O–H groups in total. The summed E-state index contributed by atoms with van der Waals surface area (Å²) in [5.74, 6) is -1.21. The highest BCUT2D eigenvalue weighted by molar-refractivity contribution is 5.98. The maximum absolute atomic E-state index is 12.8. The number of hydrogen-bond donors (Lipinski definition) is 1. The van der Waals surface area contributed by atoms with Crippen molar-refractivity contribution >= 4 is 17.7 Å². The van der Waals surface area contributed by atoms with E-state index in [1.165, 1.54) is 12.1 Å². The summed E-state index contributed by atoms with van der Waals surface area (Å²) in [5.41, 5.74) is -0.385. The molecule has 0 radical (unpaired) electrons. The lowest BCUT2D eigenvalue weighted by atomic mass is 10.1. The number of amides is 1. The molecule has 1 aromatic rings. The number of ether oxygens (including phenoxy) is 1. The van der Waals surface area contributed by atoms with Crippen molar-refractivity contribution in [2.75, 3.05) is 4.90 Å². The molecule has 0 bridgehead atoms. The Labute approximate surface area is 126 Å². The van der Waals surface area contributed by atoms with E-state index in [-0.39, 0.29) is 17.7 Å². The van der Waals surface area contributed by atoms with Crippen LogP contribution in [0.1, 0.15) is 38.3 Å². The van der Waals surface area contributed by atoms with E-state index in [0.717, 1.165) is 11.0 Å². The molecule has 0 aliphatic carbocycles. The van der Waals surface area contributed by atoms with E-state index < -0.39 is 30.1 Å². The molecule has 0 saturated heterocycles. The summed E-state index contributed by atoms with van der Waals surface area (Å²) in [4.78, 5) is 24.6. The van der Waals surface area contributed by atoms with Crippen molar-refractivity contribution in [2.45, 2.75) is 45.3 Å². The predicted octanol–water partition coefficient (Wildman–Crippen LogP) is 3.38. The molecular formula is C15H17F2NO4. The molecule has 0 unspecified atom stereocenters. The molecule has 22 heavy (non-hydrogen) atoms. The van der Waals surface area contributed by atoms with Gasteiger partial charge in [-0.15, -0.1) is 0 Å². The Balaban J connectivity index is 2.43. The van der Waals surface area contributed by atoms with Crippen molar-refractivity contribution < 1.29 is 28.2 Å². The third kappa shape index (κ3) is 3.18. The lowest BCUT2D eigenvalue weighted by Gasteiger charge is -2.27. The van der Waals surface area contributed by atoms with Gasteiger partial charge in [-0.2, -0.15) is 0 Å². The highest BCUT2D eigenvalue weighted by atomic mass is 19.3. The third-order valence-electron chi connectivity index (χ3n) is 3.22. The number of halogens is 2. The van der Waals surface area contributed by atoms with Crippen LogP contribution in [0.3, 0.4) is 0 Å². The Morgan fingerprint density at radius 1 is 1.36 bits per heavy atom. The van der Waals surface area contributed by atoms with Crippen molar-refractivity contribution in [1.29, 1.82) is 0 Å². The molecule has 1 aromatic carbocycles. The molecule has 1 heterocycles. The molecule has 1 aliphatic heterocycles. The first-order valence-corrected chi connectivity index (χ1v) is 6.76. The number of carboxylic acid groups (broad SMARTS) is 1. The summed E-state index contributed by atoms with van der Waals surface area (Å²) in [7, 11) is 0. The predicted molar refractivity (Wildman–Crippen MR) is 75.2 cm³/mol. The number of fused-ring (bicyclic) bond motifs is 1. The zero-order valence-corrected chi connectivity index (χ0v) is 12.5. The number of carbonyl (C=O) groups is 2. The van der Waals surface area contributed by atoms with Gasteiger partial charge in [0.05, 0.1) is 5.69 Å². The van der Waals surface area contributed by atoms with Gasteiger partial charge in [-0.1, -0.05) is 12.1 Å². The van der Waals surface area contributed by atoms with Gasteiger partial charge in [0.25, 0.3) is 6.43 Å². The summed E-state index contributed by atoms with van der Waals surface area (Å²) in [6, 6.07) is 2.66. The molecule has 1 atom stereocenters. The molecule has 0 aromatic heterocycles. The topological polar surface area (TPSA) is 66.8 Å². The number of carbonyl (C=O) groups excluding carboxylic acids is 1. The van der Waals surface area contributed by atoms with Gasteiger partial charge in [0.2, 0.25) is 0 Å². The number of anilines is 1. The van der Waals surface area contributed by atoms with Gasteiger partial charge in [0.15, 0.2) is 0 Å². The van der Waals surface area contributed by atoms with Gasteiger partial charge in [0.1, 0.15) is 11.6 Å². The van der Waals surface area contributed by atoms with Crippen molar-refractivity contribution in [3.63, 3.8) is 0 Å². The number of nitrogens with zero attached hydrogens (tertiary/aromatic N) is 1. The van der Waals surface area contributed by atoms with Crippen LogP contribution in [0.5, 0.6) is 0 Å². The standard InChI is InChI=1S/C15H17F2NO4/c1-15(2,3)22-14(21)18-10-7-9(12(16)17)5-4-8(10)6-11(18)13(19)20/h4-5,7,11-12H,6H2,1-3H3,(H,19,20)/t11-/m0/s1. The second-order valence-corrected chi connectivity index (χ2v) is 6.10. The van der Waals surface area contributed by atoms with Crippen LogP contribution in [0.4, 0.5) is 19.3 Å². The van der Waals surface area contributed by atoms with Gasteiger partial charge in [-0.25, -0.2) is 18.4 Å². The maximum atomic E-state index is 12.8. The lowest BCUT2D eigenvalue weighted by molar-refractivity contribution is -0.138. The van der Waals surface area contributed by atoms with Crippen LogP contribution in [0.15, 0.2) is 18.2 Å². The minimum absolute atomic E-state index is 0.0629. The first-order chi connectivity index (χ1) is 10.1. The van der Waals surface area contributed by atoms with E-state index >= 15 is 0 Å². The average molecular weight is 313 g/mol. The first-order valence-electron chi connectivity index (χ1n) is 6.76. The zero-order valence-electron chi connectivity index (χ0n) is 12.5. The molecule has 1 amide bonds. The molecule has 7 heteroatoms. The van der Waals surface area contributed by atoms with E-state index in [0.29, 0.717) is 5.56 Å². The number of alkyl halides is 2. The first kappa shape index (κ1) is 16.2. The fourth-order valence-electron chi connectivity index (χ4n) is 2.32. The Morgan fingerprint density at radius 2 is 2.00 bits per heavy atom. The minimum atomic E-state index is -2.70. The summed E-state index contributed by atoms with van der Waals surface area (Å²) in [5, 5.41) is 9.28. The largest absolute Gasteiger partial charge is 0.480 e. The molecule has 0 saturated carbocycles. The zero-order chi connectivity index (χ0) is 16.7. The van der Waals surface area contributed by atoms with Crippen LogP contribution in [-0.2, 0) is 16.0 Å². The third-order valence-corrected chi connectivity index (χ3v) is 3.22. The van der Waals surface area contributed by atoms with Crippen molar-refractivity contribution in [2.24, 2.45) is 0 Å². The molecular weight excluding hydrogens is 296 g/mol. The molecule has 2 rings (SSSR count). The summed E-state index contributed by atoms with van der Waals surface area (Å²) < 4.78 is 30.9. The Morgan fingerprint density at radius 3 is 2.50 bits per heavy atom. The highest BCUT2D eigenvalue weighted by Crippen LogP contribution is 2.36. The van der Waals surface area contributed by atoms with Crippen molar-refractivity contribution in [3.05, 3.63) is 29.3 Å². The summed E-state index contributed by atoms with van der Waals surface area (Å²) in [6.07, 6.45) is -3.49. The molecule has 1 aliphatic rings. The van der Waals surface area contributed by atoms with Gasteiger partial charge in [0, 0.05) is 12.0 Å². The lowest BCUT2D eigenvalue weighted by Crippen LogP contribution is -2.45. The normalized spacial score (nSPS) is 17.5. The summed E-state index contributed by atoms with van der Waals surface area (Å²) >= 11 is 0. The van der Waals surface area contributed by atoms with Crippen molar-refractivity contribution in [3.8, 4) is 0 Å². The number of rotatable bonds is 2. The second kappa shape index (κ2) is 5.55. The van der Waals surface area contributed by atoms with Crippen LogP contribution in [0, 0.1) is 0 Å². The quantitative estimate of drug-likeness (QED) is 0.909. The molecule has 5 nitrogen and oxygen atoms in total. The van der Waals surface area contributed by atoms with E-state index in [4.69, 9.17) is 4.74 Å². The second-order valence-electron chi connectivity index (χ2n) is 6.10.